The highest BCUT2D eigenvalue weighted by Gasteiger charge is 2.23. The summed E-state index contributed by atoms with van der Waals surface area (Å²) in [6.07, 6.45) is 2.67. The molecule has 0 aromatic heterocycles. The number of amides is 5. The van der Waals surface area contributed by atoms with Crippen LogP contribution in [0.5, 0.6) is 0 Å². The average molecular weight is 625 g/mol. The zero-order valence-corrected chi connectivity index (χ0v) is 28.8. The maximum absolute atomic E-state index is 12.9. The van der Waals surface area contributed by atoms with Crippen LogP contribution in [0, 0.1) is 0 Å². The van der Waals surface area contributed by atoms with Gasteiger partial charge in [0.15, 0.2) is 0 Å². The molecule has 0 radical (unpaired) electrons. The SMILES string of the molecule is CCC(=O)C(CC)NCCN(CCN(CCN(CCN(CN(CC)C(=O)CC)C(=O)CC)C(=O)CC)C(=O)CC)C(=O)CC. The van der Waals surface area contributed by atoms with Gasteiger partial charge in [0.1, 0.15) is 5.78 Å². The number of carbonyl (C=O) groups is 6. The van der Waals surface area contributed by atoms with E-state index in [1.165, 1.54) is 0 Å². The number of hydrogen-bond donors (Lipinski definition) is 1. The van der Waals surface area contributed by atoms with Crippen molar-refractivity contribution < 1.29 is 28.8 Å². The first-order valence-electron chi connectivity index (χ1n) is 16.6. The van der Waals surface area contributed by atoms with Gasteiger partial charge in [0.25, 0.3) is 0 Å². The van der Waals surface area contributed by atoms with Gasteiger partial charge in [-0.3, -0.25) is 28.8 Å². The largest absolute Gasteiger partial charge is 0.340 e. The lowest BCUT2D eigenvalue weighted by atomic mass is 10.1. The molecule has 5 amide bonds. The van der Waals surface area contributed by atoms with Gasteiger partial charge in [-0.2, -0.15) is 0 Å². The molecule has 1 unspecified atom stereocenters. The molecular formula is C32H60N6O6. The number of rotatable bonds is 24. The maximum Gasteiger partial charge on any atom is 0.223 e. The maximum atomic E-state index is 12.9. The summed E-state index contributed by atoms with van der Waals surface area (Å²) in [5.74, 6) is -0.186. The van der Waals surface area contributed by atoms with Crippen LogP contribution in [-0.2, 0) is 28.8 Å². The van der Waals surface area contributed by atoms with Crippen molar-refractivity contribution in [3.05, 3.63) is 0 Å². The second-order valence-electron chi connectivity index (χ2n) is 10.7. The van der Waals surface area contributed by atoms with Gasteiger partial charge in [-0.25, -0.2) is 0 Å². The monoisotopic (exact) mass is 624 g/mol. The highest BCUT2D eigenvalue weighted by Crippen LogP contribution is 2.06. The molecule has 0 aliphatic heterocycles. The Balaban J connectivity index is 5.52. The Hall–Kier alpha value is -3.02. The number of hydrogen-bond acceptors (Lipinski definition) is 7. The summed E-state index contributed by atoms with van der Waals surface area (Å²) < 4.78 is 0. The minimum Gasteiger partial charge on any atom is -0.340 e. The molecule has 12 heteroatoms. The van der Waals surface area contributed by atoms with Crippen molar-refractivity contribution >= 4 is 35.3 Å². The second kappa shape index (κ2) is 23.4. The Morgan fingerprint density at radius 2 is 0.795 bits per heavy atom. The fraction of sp³-hybridized carbons (Fsp3) is 0.812. The van der Waals surface area contributed by atoms with Crippen molar-refractivity contribution in [1.29, 1.82) is 0 Å². The first kappa shape index (κ1) is 41.0. The van der Waals surface area contributed by atoms with E-state index in [0.29, 0.717) is 77.9 Å². The van der Waals surface area contributed by atoms with Crippen molar-refractivity contribution in [1.82, 2.24) is 29.8 Å². The van der Waals surface area contributed by atoms with Gasteiger partial charge in [-0.15, -0.1) is 0 Å². The molecule has 0 rings (SSSR count). The van der Waals surface area contributed by atoms with E-state index in [0.717, 1.165) is 0 Å². The lowest BCUT2D eigenvalue weighted by Crippen LogP contribution is -2.49. The van der Waals surface area contributed by atoms with Crippen molar-refractivity contribution in [2.75, 3.05) is 65.6 Å². The number of nitrogens with one attached hydrogen (secondary N) is 1. The quantitative estimate of drug-likeness (QED) is 0.163. The van der Waals surface area contributed by atoms with Crippen LogP contribution in [0.2, 0.25) is 0 Å². The van der Waals surface area contributed by atoms with Gasteiger partial charge in [0, 0.05) is 97.4 Å². The minimum atomic E-state index is -0.237. The van der Waals surface area contributed by atoms with Gasteiger partial charge in [0.05, 0.1) is 12.7 Å². The highest BCUT2D eigenvalue weighted by molar-refractivity contribution is 5.83. The molecule has 254 valence electrons. The smallest absolute Gasteiger partial charge is 0.223 e. The third kappa shape index (κ3) is 14.6. The van der Waals surface area contributed by atoms with Crippen molar-refractivity contribution in [2.24, 2.45) is 0 Å². The normalized spacial score (nSPS) is 11.5. The van der Waals surface area contributed by atoms with E-state index in [-0.39, 0.29) is 74.0 Å². The van der Waals surface area contributed by atoms with E-state index in [1.807, 2.05) is 20.8 Å². The lowest BCUT2D eigenvalue weighted by molar-refractivity contribution is -0.141. The van der Waals surface area contributed by atoms with Crippen LogP contribution in [0.25, 0.3) is 0 Å². The van der Waals surface area contributed by atoms with Crippen LogP contribution in [0.1, 0.15) is 100 Å². The minimum absolute atomic E-state index is 0.0308. The molecule has 1 N–H and O–H groups in total. The van der Waals surface area contributed by atoms with Crippen molar-refractivity contribution in [3.63, 3.8) is 0 Å². The molecule has 0 aliphatic carbocycles. The molecule has 44 heavy (non-hydrogen) atoms. The third-order valence-corrected chi connectivity index (χ3v) is 7.84. The summed E-state index contributed by atoms with van der Waals surface area (Å²) >= 11 is 0. The van der Waals surface area contributed by atoms with E-state index in [4.69, 9.17) is 0 Å². The molecule has 0 heterocycles. The zero-order chi connectivity index (χ0) is 33.7. The lowest BCUT2D eigenvalue weighted by Gasteiger charge is -2.33. The van der Waals surface area contributed by atoms with Gasteiger partial charge < -0.3 is 29.8 Å². The molecule has 0 saturated heterocycles. The van der Waals surface area contributed by atoms with Crippen LogP contribution in [-0.4, -0.2) is 131 Å². The number of nitrogens with zero attached hydrogens (tertiary/aromatic N) is 5. The van der Waals surface area contributed by atoms with Crippen molar-refractivity contribution in [3.8, 4) is 0 Å². The first-order valence-corrected chi connectivity index (χ1v) is 16.6. The summed E-state index contributed by atoms with van der Waals surface area (Å²) in [5.41, 5.74) is 0. The molecule has 1 atom stereocenters. The molecule has 0 bridgehead atoms. The molecule has 0 aromatic carbocycles. The fourth-order valence-electron chi connectivity index (χ4n) is 4.87. The second-order valence-corrected chi connectivity index (χ2v) is 10.7. The molecule has 0 aliphatic rings. The van der Waals surface area contributed by atoms with Crippen LogP contribution < -0.4 is 5.32 Å². The predicted molar refractivity (Wildman–Crippen MR) is 173 cm³/mol. The Kier molecular flexibility index (Phi) is 21.8. The van der Waals surface area contributed by atoms with Crippen LogP contribution in [0.3, 0.4) is 0 Å². The summed E-state index contributed by atoms with van der Waals surface area (Å²) in [6.45, 7) is 17.9. The van der Waals surface area contributed by atoms with Crippen molar-refractivity contribution in [2.45, 2.75) is 106 Å². The molecule has 12 nitrogen and oxygen atoms in total. The third-order valence-electron chi connectivity index (χ3n) is 7.84. The van der Waals surface area contributed by atoms with Gasteiger partial charge >= 0.3 is 0 Å². The van der Waals surface area contributed by atoms with E-state index in [1.54, 1.807) is 59.1 Å². The summed E-state index contributed by atoms with van der Waals surface area (Å²) in [4.78, 5) is 83.9. The molecule has 0 spiro atoms. The van der Waals surface area contributed by atoms with Gasteiger partial charge in [-0.05, 0) is 13.3 Å². The predicted octanol–water partition coefficient (Wildman–Crippen LogP) is 2.50. The Morgan fingerprint density at radius 1 is 0.455 bits per heavy atom. The summed E-state index contributed by atoms with van der Waals surface area (Å²) in [6, 6.07) is -0.237. The first-order chi connectivity index (χ1) is 21.0. The van der Waals surface area contributed by atoms with Crippen LogP contribution in [0.4, 0.5) is 0 Å². The zero-order valence-electron chi connectivity index (χ0n) is 28.8. The number of carbonyl (C=O) groups excluding carboxylic acids is 6. The molecule has 0 saturated carbocycles. The van der Waals surface area contributed by atoms with E-state index < -0.39 is 0 Å². The fourth-order valence-corrected chi connectivity index (χ4v) is 4.87. The Morgan fingerprint density at radius 3 is 1.14 bits per heavy atom. The van der Waals surface area contributed by atoms with Gasteiger partial charge in [-0.1, -0.05) is 48.5 Å². The number of ketones is 1. The van der Waals surface area contributed by atoms with Crippen LogP contribution >= 0.6 is 0 Å². The molecular weight excluding hydrogens is 564 g/mol. The Labute approximate surface area is 265 Å². The van der Waals surface area contributed by atoms with Gasteiger partial charge in [0.2, 0.25) is 29.5 Å². The molecule has 0 aromatic rings. The Bertz CT molecular complexity index is 914. The van der Waals surface area contributed by atoms with Crippen LogP contribution in [0.15, 0.2) is 0 Å². The average Bonchev–Trinajstić information content (AvgIpc) is 3.05. The highest BCUT2D eigenvalue weighted by atomic mass is 16.2. The standard InChI is InChI=1S/C32H60N6O6/c1-9-26(27(39)10-2)33-17-18-35(29(41)12-4)19-20-36(30(42)13-5)21-22-37(31(43)14-6)23-24-38(32(44)15-7)25-34(16-8)28(40)11-3/h26,33H,9-25H2,1-8H3. The van der Waals surface area contributed by atoms with E-state index in [9.17, 15) is 28.8 Å². The number of Topliss-reactive ketones (excluding diaryl/α,β-unsaturated/α-hetero) is 1. The van der Waals surface area contributed by atoms with E-state index >= 15 is 0 Å². The molecule has 0 fully saturated rings. The summed E-state index contributed by atoms with van der Waals surface area (Å²) in [7, 11) is 0. The topological polar surface area (TPSA) is 131 Å². The van der Waals surface area contributed by atoms with E-state index in [2.05, 4.69) is 5.32 Å². The summed E-state index contributed by atoms with van der Waals surface area (Å²) in [5, 5.41) is 3.25.